The molecule has 0 saturated carbocycles. The summed E-state index contributed by atoms with van der Waals surface area (Å²) in [4.78, 5) is 16.6. The quantitative estimate of drug-likeness (QED) is 0.870. The van der Waals surface area contributed by atoms with Gasteiger partial charge in [0.25, 0.3) is 0 Å². The third-order valence-electron chi connectivity index (χ3n) is 4.05. The van der Waals surface area contributed by atoms with Gasteiger partial charge in [-0.1, -0.05) is 17.7 Å². The molecular formula is C17H20ClN3O. The average Bonchev–Trinajstić information content (AvgIpc) is 2.92. The number of aryl methyl sites for hydroxylation is 1. The highest BCUT2D eigenvalue weighted by atomic mass is 35.5. The van der Waals surface area contributed by atoms with E-state index < -0.39 is 0 Å². The Balaban J connectivity index is 1.56. The zero-order chi connectivity index (χ0) is 15.5. The van der Waals surface area contributed by atoms with Gasteiger partial charge in [-0.05, 0) is 29.8 Å². The first-order chi connectivity index (χ1) is 10.6. The summed E-state index contributed by atoms with van der Waals surface area (Å²) in [7, 11) is 1.97. The second kappa shape index (κ2) is 6.44. The minimum Gasteiger partial charge on any atom is -0.368 e. The number of carbonyl (C=O) groups excluding carboxylic acids is 1. The summed E-state index contributed by atoms with van der Waals surface area (Å²) in [6.07, 6.45) is 4.46. The summed E-state index contributed by atoms with van der Waals surface area (Å²) < 4.78 is 1.97. The lowest BCUT2D eigenvalue weighted by Crippen LogP contribution is -2.49. The third-order valence-corrected chi connectivity index (χ3v) is 4.29. The zero-order valence-corrected chi connectivity index (χ0v) is 13.5. The van der Waals surface area contributed by atoms with E-state index in [2.05, 4.69) is 11.0 Å². The van der Waals surface area contributed by atoms with Crippen molar-refractivity contribution in [2.75, 3.05) is 31.1 Å². The van der Waals surface area contributed by atoms with Gasteiger partial charge < -0.3 is 14.4 Å². The maximum Gasteiger partial charge on any atom is 0.227 e. The number of anilines is 1. The Morgan fingerprint density at radius 3 is 2.59 bits per heavy atom. The van der Waals surface area contributed by atoms with Gasteiger partial charge in [0, 0.05) is 56.3 Å². The highest BCUT2D eigenvalue weighted by Gasteiger charge is 2.21. The van der Waals surface area contributed by atoms with Gasteiger partial charge in [0.15, 0.2) is 0 Å². The number of nitrogens with zero attached hydrogens (tertiary/aromatic N) is 3. The van der Waals surface area contributed by atoms with Crippen LogP contribution in [0.3, 0.4) is 0 Å². The van der Waals surface area contributed by atoms with Crippen LogP contribution in [0.5, 0.6) is 0 Å². The monoisotopic (exact) mass is 317 g/mol. The van der Waals surface area contributed by atoms with Crippen LogP contribution >= 0.6 is 11.6 Å². The van der Waals surface area contributed by atoms with Gasteiger partial charge in [-0.2, -0.15) is 0 Å². The summed E-state index contributed by atoms with van der Waals surface area (Å²) in [5.74, 6) is 0.206. The molecule has 22 heavy (non-hydrogen) atoms. The predicted molar refractivity (Wildman–Crippen MR) is 89.4 cm³/mol. The Bertz CT molecular complexity index is 659. The van der Waals surface area contributed by atoms with Crippen molar-refractivity contribution in [3.05, 3.63) is 53.3 Å². The normalized spacial score (nSPS) is 15.2. The van der Waals surface area contributed by atoms with Gasteiger partial charge >= 0.3 is 0 Å². The lowest BCUT2D eigenvalue weighted by molar-refractivity contribution is -0.130. The molecule has 2 heterocycles. The van der Waals surface area contributed by atoms with E-state index in [0.29, 0.717) is 6.42 Å². The summed E-state index contributed by atoms with van der Waals surface area (Å²) in [6.45, 7) is 3.22. The fourth-order valence-corrected chi connectivity index (χ4v) is 3.02. The topological polar surface area (TPSA) is 28.5 Å². The van der Waals surface area contributed by atoms with E-state index in [4.69, 9.17) is 11.6 Å². The standard InChI is InChI=1S/C17H20ClN3O/c1-19-6-5-14(13-19)11-17(22)21-9-7-20(8-10-21)16-4-2-3-15(18)12-16/h2-6,12-13H,7-11H2,1H3. The Morgan fingerprint density at radius 2 is 1.95 bits per heavy atom. The fourth-order valence-electron chi connectivity index (χ4n) is 2.84. The van der Waals surface area contributed by atoms with Crippen molar-refractivity contribution in [2.45, 2.75) is 6.42 Å². The number of hydrogen-bond acceptors (Lipinski definition) is 2. The molecule has 5 heteroatoms. The molecule has 4 nitrogen and oxygen atoms in total. The molecule has 1 aromatic carbocycles. The molecule has 1 aliphatic rings. The minimum absolute atomic E-state index is 0.206. The van der Waals surface area contributed by atoms with Crippen LogP contribution < -0.4 is 4.90 Å². The van der Waals surface area contributed by atoms with E-state index in [9.17, 15) is 4.79 Å². The van der Waals surface area contributed by atoms with E-state index in [1.807, 2.05) is 53.2 Å². The van der Waals surface area contributed by atoms with Crippen LogP contribution in [0, 0.1) is 0 Å². The number of carbonyl (C=O) groups is 1. The number of benzene rings is 1. The van der Waals surface area contributed by atoms with E-state index >= 15 is 0 Å². The predicted octanol–water partition coefficient (Wildman–Crippen LogP) is 2.57. The molecular weight excluding hydrogens is 298 g/mol. The number of piperazine rings is 1. The van der Waals surface area contributed by atoms with Crippen molar-refractivity contribution < 1.29 is 4.79 Å². The van der Waals surface area contributed by atoms with E-state index in [-0.39, 0.29) is 5.91 Å². The van der Waals surface area contributed by atoms with E-state index in [1.54, 1.807) is 0 Å². The molecule has 1 saturated heterocycles. The summed E-state index contributed by atoms with van der Waals surface area (Å²) in [5, 5.41) is 0.750. The number of hydrogen-bond donors (Lipinski definition) is 0. The van der Waals surface area contributed by atoms with Crippen molar-refractivity contribution >= 4 is 23.2 Å². The summed E-state index contributed by atoms with van der Waals surface area (Å²) >= 11 is 6.04. The molecule has 3 rings (SSSR count). The molecule has 0 atom stereocenters. The van der Waals surface area contributed by atoms with Crippen molar-refractivity contribution in [1.29, 1.82) is 0 Å². The fraction of sp³-hybridized carbons (Fsp3) is 0.353. The maximum atomic E-state index is 12.4. The summed E-state index contributed by atoms with van der Waals surface area (Å²) in [5.41, 5.74) is 2.20. The smallest absolute Gasteiger partial charge is 0.227 e. The Morgan fingerprint density at radius 1 is 1.18 bits per heavy atom. The van der Waals surface area contributed by atoms with Gasteiger partial charge in [-0.15, -0.1) is 0 Å². The lowest BCUT2D eigenvalue weighted by Gasteiger charge is -2.36. The molecule has 0 unspecified atom stereocenters. The van der Waals surface area contributed by atoms with Crippen LogP contribution in [0.4, 0.5) is 5.69 Å². The van der Waals surface area contributed by atoms with Crippen LogP contribution in [0.1, 0.15) is 5.56 Å². The molecule has 116 valence electrons. The molecule has 1 aromatic heterocycles. The molecule has 0 radical (unpaired) electrons. The molecule has 0 bridgehead atoms. The minimum atomic E-state index is 0.206. The van der Waals surface area contributed by atoms with Crippen molar-refractivity contribution in [3.63, 3.8) is 0 Å². The maximum absolute atomic E-state index is 12.4. The molecule has 1 amide bonds. The van der Waals surface area contributed by atoms with Gasteiger partial charge in [-0.25, -0.2) is 0 Å². The number of rotatable bonds is 3. The van der Waals surface area contributed by atoms with E-state index in [1.165, 1.54) is 0 Å². The number of halogens is 1. The van der Waals surface area contributed by atoms with Crippen molar-refractivity contribution in [3.8, 4) is 0 Å². The SMILES string of the molecule is Cn1ccc(CC(=O)N2CCN(c3cccc(Cl)c3)CC2)c1. The lowest BCUT2D eigenvalue weighted by atomic mass is 10.2. The zero-order valence-electron chi connectivity index (χ0n) is 12.7. The van der Waals surface area contributed by atoms with Crippen LogP contribution in [0.15, 0.2) is 42.7 Å². The molecule has 0 spiro atoms. The first-order valence-corrected chi connectivity index (χ1v) is 7.89. The first-order valence-electron chi connectivity index (χ1n) is 7.51. The molecule has 0 aliphatic carbocycles. The van der Waals surface area contributed by atoms with Crippen molar-refractivity contribution in [1.82, 2.24) is 9.47 Å². The highest BCUT2D eigenvalue weighted by Crippen LogP contribution is 2.21. The van der Waals surface area contributed by atoms with Gasteiger partial charge in [0.05, 0.1) is 6.42 Å². The van der Waals surface area contributed by atoms with Gasteiger partial charge in [0.2, 0.25) is 5.91 Å². The second-order valence-corrected chi connectivity index (χ2v) is 6.15. The molecule has 0 N–H and O–H groups in total. The van der Waals surface area contributed by atoms with Crippen LogP contribution in [0.2, 0.25) is 5.02 Å². The Kier molecular flexibility index (Phi) is 4.39. The number of aromatic nitrogens is 1. The number of amides is 1. The summed E-state index contributed by atoms with van der Waals surface area (Å²) in [6, 6.07) is 9.88. The molecule has 1 aliphatic heterocycles. The second-order valence-electron chi connectivity index (χ2n) is 5.71. The molecule has 2 aromatic rings. The Hall–Kier alpha value is -1.94. The third kappa shape index (κ3) is 3.45. The average molecular weight is 318 g/mol. The Labute approximate surface area is 135 Å². The van der Waals surface area contributed by atoms with Crippen LogP contribution in [-0.4, -0.2) is 41.6 Å². The highest BCUT2D eigenvalue weighted by molar-refractivity contribution is 6.30. The van der Waals surface area contributed by atoms with Crippen LogP contribution in [-0.2, 0) is 18.3 Å². The first kappa shape index (κ1) is 15.0. The molecule has 1 fully saturated rings. The van der Waals surface area contributed by atoms with Crippen LogP contribution in [0.25, 0.3) is 0 Å². The van der Waals surface area contributed by atoms with Gasteiger partial charge in [-0.3, -0.25) is 4.79 Å². The van der Waals surface area contributed by atoms with E-state index in [0.717, 1.165) is 42.5 Å². The van der Waals surface area contributed by atoms with Crippen molar-refractivity contribution in [2.24, 2.45) is 7.05 Å². The van der Waals surface area contributed by atoms with Gasteiger partial charge in [0.1, 0.15) is 0 Å². The largest absolute Gasteiger partial charge is 0.368 e.